The maximum Gasteiger partial charge on any atom is 0.325 e. The number of methoxy groups -OCH3 is 1. The molecule has 0 bridgehead atoms. The number of hydrogen-bond donors (Lipinski definition) is 1. The number of ether oxygens (including phenoxy) is 2. The predicted molar refractivity (Wildman–Crippen MR) is 86.9 cm³/mol. The molecular weight excluding hydrogens is 336 g/mol. The van der Waals surface area contributed by atoms with Crippen molar-refractivity contribution in [2.45, 2.75) is 0 Å². The lowest BCUT2D eigenvalue weighted by Gasteiger charge is -2.10. The Kier molecular flexibility index (Phi) is 5.85. The number of rotatable bonds is 7. The Morgan fingerprint density at radius 1 is 1.33 bits per heavy atom. The van der Waals surface area contributed by atoms with Crippen molar-refractivity contribution >= 4 is 28.9 Å². The topological polar surface area (TPSA) is 108 Å². The van der Waals surface area contributed by atoms with Gasteiger partial charge >= 0.3 is 5.97 Å². The number of carbonyl (C=O) groups is 2. The highest BCUT2D eigenvalue weighted by molar-refractivity contribution is 7.13. The van der Waals surface area contributed by atoms with E-state index in [2.05, 4.69) is 10.1 Å². The van der Waals surface area contributed by atoms with E-state index in [0.29, 0.717) is 11.3 Å². The lowest BCUT2D eigenvalue weighted by molar-refractivity contribution is -0.384. The summed E-state index contributed by atoms with van der Waals surface area (Å²) in [6.07, 6.45) is 0. The molecule has 0 atom stereocenters. The molecule has 0 radical (unpaired) electrons. The first-order valence-corrected chi connectivity index (χ1v) is 7.68. The van der Waals surface area contributed by atoms with Crippen LogP contribution in [0.2, 0.25) is 0 Å². The van der Waals surface area contributed by atoms with Crippen molar-refractivity contribution in [3.8, 4) is 16.2 Å². The van der Waals surface area contributed by atoms with E-state index in [1.54, 1.807) is 6.07 Å². The van der Waals surface area contributed by atoms with Crippen molar-refractivity contribution in [2.75, 3.05) is 20.3 Å². The van der Waals surface area contributed by atoms with Crippen LogP contribution in [0.4, 0.5) is 5.69 Å². The highest BCUT2D eigenvalue weighted by Crippen LogP contribution is 2.36. The minimum Gasteiger partial charge on any atom is -0.483 e. The molecule has 0 spiro atoms. The molecule has 1 amide bonds. The van der Waals surface area contributed by atoms with Crippen LogP contribution in [-0.2, 0) is 14.3 Å². The van der Waals surface area contributed by atoms with Gasteiger partial charge in [-0.1, -0.05) is 6.07 Å². The summed E-state index contributed by atoms with van der Waals surface area (Å²) in [5.74, 6) is -0.731. The largest absolute Gasteiger partial charge is 0.483 e. The molecule has 8 nitrogen and oxygen atoms in total. The predicted octanol–water partition coefficient (Wildman–Crippen LogP) is 1.99. The summed E-state index contributed by atoms with van der Waals surface area (Å²) in [4.78, 5) is 33.8. The van der Waals surface area contributed by atoms with Crippen LogP contribution in [0.1, 0.15) is 0 Å². The zero-order chi connectivity index (χ0) is 17.5. The second kappa shape index (κ2) is 8.06. The lowest BCUT2D eigenvalue weighted by atomic mass is 10.1. The maximum absolute atomic E-state index is 11.7. The molecule has 0 unspecified atom stereocenters. The van der Waals surface area contributed by atoms with Gasteiger partial charge in [-0.2, -0.15) is 0 Å². The number of nitro benzene ring substituents is 1. The van der Waals surface area contributed by atoms with E-state index in [1.165, 1.54) is 36.6 Å². The van der Waals surface area contributed by atoms with Crippen LogP contribution in [0.15, 0.2) is 35.7 Å². The van der Waals surface area contributed by atoms with Gasteiger partial charge in [0.05, 0.1) is 12.0 Å². The molecule has 24 heavy (non-hydrogen) atoms. The molecule has 0 aliphatic carbocycles. The number of nitrogens with zero attached hydrogens (tertiary/aromatic N) is 1. The van der Waals surface area contributed by atoms with E-state index in [9.17, 15) is 19.7 Å². The van der Waals surface area contributed by atoms with E-state index in [-0.39, 0.29) is 18.8 Å². The molecule has 1 aromatic carbocycles. The van der Waals surface area contributed by atoms with E-state index in [4.69, 9.17) is 4.74 Å². The fourth-order valence-electron chi connectivity index (χ4n) is 1.82. The first-order chi connectivity index (χ1) is 11.5. The molecule has 1 N–H and O–H groups in total. The number of hydrogen-bond acceptors (Lipinski definition) is 7. The number of amides is 1. The minimum atomic E-state index is -0.571. The molecule has 9 heteroatoms. The normalized spacial score (nSPS) is 10.0. The van der Waals surface area contributed by atoms with Crippen LogP contribution >= 0.6 is 11.3 Å². The number of esters is 1. The van der Waals surface area contributed by atoms with Gasteiger partial charge in [0, 0.05) is 22.6 Å². The fourth-order valence-corrected chi connectivity index (χ4v) is 2.57. The smallest absolute Gasteiger partial charge is 0.325 e. The number of non-ortho nitro benzene ring substituents is 1. The van der Waals surface area contributed by atoms with Crippen LogP contribution < -0.4 is 10.1 Å². The molecule has 0 saturated carbocycles. The molecule has 0 aliphatic heterocycles. The monoisotopic (exact) mass is 350 g/mol. The molecule has 0 saturated heterocycles. The van der Waals surface area contributed by atoms with Crippen LogP contribution in [0.5, 0.6) is 5.75 Å². The van der Waals surface area contributed by atoms with Crippen molar-refractivity contribution in [1.29, 1.82) is 0 Å². The Balaban J connectivity index is 2.11. The number of benzene rings is 1. The first-order valence-electron chi connectivity index (χ1n) is 6.80. The summed E-state index contributed by atoms with van der Waals surface area (Å²) in [5.41, 5.74) is 0.459. The molecule has 1 heterocycles. The molecule has 0 fully saturated rings. The Morgan fingerprint density at radius 2 is 2.12 bits per heavy atom. The van der Waals surface area contributed by atoms with Crippen molar-refractivity contribution in [3.05, 3.63) is 45.8 Å². The van der Waals surface area contributed by atoms with Crippen LogP contribution in [0.3, 0.4) is 0 Å². The van der Waals surface area contributed by atoms with Gasteiger partial charge in [0.25, 0.3) is 11.6 Å². The summed E-state index contributed by atoms with van der Waals surface area (Å²) in [5, 5.41) is 15.1. The number of nitrogens with one attached hydrogen (secondary N) is 1. The van der Waals surface area contributed by atoms with Crippen molar-refractivity contribution in [3.63, 3.8) is 0 Å². The van der Waals surface area contributed by atoms with Gasteiger partial charge in [0.1, 0.15) is 12.3 Å². The van der Waals surface area contributed by atoms with Crippen LogP contribution in [0, 0.1) is 10.1 Å². The van der Waals surface area contributed by atoms with Gasteiger partial charge < -0.3 is 14.8 Å². The zero-order valence-corrected chi connectivity index (χ0v) is 13.5. The van der Waals surface area contributed by atoms with Crippen LogP contribution in [0.25, 0.3) is 10.4 Å². The molecule has 2 aromatic rings. The van der Waals surface area contributed by atoms with E-state index < -0.39 is 16.8 Å². The Hall–Kier alpha value is -2.94. The standard InChI is InChI=1S/C15H14N2O6S/c1-22-15(19)8-16-14(18)9-23-12-5-4-10(17(20)21)7-11(12)13-3-2-6-24-13/h2-7H,8-9H2,1H3,(H,16,18). The Bertz CT molecular complexity index is 744. The van der Waals surface area contributed by atoms with Gasteiger partial charge in [0.15, 0.2) is 6.61 Å². The molecule has 0 aliphatic rings. The van der Waals surface area contributed by atoms with Gasteiger partial charge in [-0.3, -0.25) is 19.7 Å². The second-order valence-electron chi connectivity index (χ2n) is 4.56. The second-order valence-corrected chi connectivity index (χ2v) is 5.50. The number of nitro groups is 1. The average Bonchev–Trinajstić information content (AvgIpc) is 3.11. The van der Waals surface area contributed by atoms with Gasteiger partial charge in [-0.05, 0) is 17.5 Å². The van der Waals surface area contributed by atoms with Crippen molar-refractivity contribution < 1.29 is 24.0 Å². The third kappa shape index (κ3) is 4.53. The summed E-state index contributed by atoms with van der Waals surface area (Å²) in [6, 6.07) is 7.76. The van der Waals surface area contributed by atoms with Crippen molar-refractivity contribution in [1.82, 2.24) is 5.32 Å². The number of carbonyl (C=O) groups excluding carboxylic acids is 2. The third-order valence-corrected chi connectivity index (χ3v) is 3.88. The van der Waals surface area contributed by atoms with Gasteiger partial charge in [-0.25, -0.2) is 0 Å². The SMILES string of the molecule is COC(=O)CNC(=O)COc1ccc([N+](=O)[O-])cc1-c1cccs1. The van der Waals surface area contributed by atoms with Gasteiger partial charge in [-0.15, -0.1) is 11.3 Å². The third-order valence-electron chi connectivity index (χ3n) is 2.98. The maximum atomic E-state index is 11.7. The highest BCUT2D eigenvalue weighted by atomic mass is 32.1. The minimum absolute atomic E-state index is 0.0686. The first kappa shape index (κ1) is 17.4. The summed E-state index contributed by atoms with van der Waals surface area (Å²) < 4.78 is 9.85. The quantitative estimate of drug-likeness (QED) is 0.465. The van der Waals surface area contributed by atoms with E-state index in [0.717, 1.165) is 4.88 Å². The number of thiophene rings is 1. The summed E-state index contributed by atoms with van der Waals surface area (Å²) in [6.45, 7) is -0.579. The van der Waals surface area contributed by atoms with E-state index >= 15 is 0 Å². The Morgan fingerprint density at radius 3 is 2.75 bits per heavy atom. The lowest BCUT2D eigenvalue weighted by Crippen LogP contribution is -2.33. The van der Waals surface area contributed by atoms with E-state index in [1.807, 2.05) is 11.4 Å². The highest BCUT2D eigenvalue weighted by Gasteiger charge is 2.15. The fraction of sp³-hybridized carbons (Fsp3) is 0.200. The van der Waals surface area contributed by atoms with Crippen LogP contribution in [-0.4, -0.2) is 37.1 Å². The molecule has 126 valence electrons. The van der Waals surface area contributed by atoms with Gasteiger partial charge in [0.2, 0.25) is 0 Å². The molecule has 1 aromatic heterocycles. The summed E-state index contributed by atoms with van der Waals surface area (Å²) in [7, 11) is 1.22. The average molecular weight is 350 g/mol. The zero-order valence-electron chi connectivity index (χ0n) is 12.7. The molecule has 2 rings (SSSR count). The van der Waals surface area contributed by atoms with Crippen molar-refractivity contribution in [2.24, 2.45) is 0 Å². The summed E-state index contributed by atoms with van der Waals surface area (Å²) >= 11 is 1.40. The Labute approximate surface area is 141 Å². The molecular formula is C15H14N2O6S.